The second-order valence-corrected chi connectivity index (χ2v) is 5.96. The highest BCUT2D eigenvalue weighted by molar-refractivity contribution is 5.39. The Balaban J connectivity index is 2.22. The van der Waals surface area contributed by atoms with E-state index in [1.165, 1.54) is 0 Å². The fourth-order valence-corrected chi connectivity index (χ4v) is 2.43. The average Bonchev–Trinajstić information content (AvgIpc) is 2.69. The highest BCUT2D eigenvalue weighted by atomic mass is 15.3. The molecule has 5 heteroatoms. The van der Waals surface area contributed by atoms with Crippen molar-refractivity contribution in [2.75, 3.05) is 6.54 Å². The lowest BCUT2D eigenvalue weighted by molar-refractivity contribution is 0.310. The maximum absolute atomic E-state index is 5.65. The first kappa shape index (κ1) is 13.9. The molecule has 0 fully saturated rings. The molecule has 0 aliphatic rings. The number of aryl methyl sites for hydroxylation is 3. The Labute approximate surface area is 114 Å². The van der Waals surface area contributed by atoms with Gasteiger partial charge < -0.3 is 5.73 Å². The average molecular weight is 261 g/mol. The minimum Gasteiger partial charge on any atom is -0.330 e. The van der Waals surface area contributed by atoms with Crippen LogP contribution in [0.4, 0.5) is 0 Å². The van der Waals surface area contributed by atoms with Gasteiger partial charge in [0.15, 0.2) is 5.65 Å². The van der Waals surface area contributed by atoms with Gasteiger partial charge in [-0.05, 0) is 38.6 Å². The van der Waals surface area contributed by atoms with Crippen LogP contribution in [0.1, 0.15) is 44.0 Å². The predicted molar refractivity (Wildman–Crippen MR) is 76.0 cm³/mol. The fraction of sp³-hybridized carbons (Fsp3) is 0.643. The molecule has 0 aromatic carbocycles. The monoisotopic (exact) mass is 261 g/mol. The normalized spacial score (nSPS) is 12.3. The summed E-state index contributed by atoms with van der Waals surface area (Å²) >= 11 is 0. The lowest BCUT2D eigenvalue weighted by Gasteiger charge is -2.23. The van der Waals surface area contributed by atoms with Gasteiger partial charge in [-0.15, -0.1) is 10.2 Å². The van der Waals surface area contributed by atoms with Crippen LogP contribution in [0, 0.1) is 19.3 Å². The summed E-state index contributed by atoms with van der Waals surface area (Å²) in [6.45, 7) is 9.20. The maximum Gasteiger partial charge on any atom is 0.164 e. The zero-order valence-corrected chi connectivity index (χ0v) is 12.3. The van der Waals surface area contributed by atoms with Gasteiger partial charge >= 0.3 is 0 Å². The van der Waals surface area contributed by atoms with Crippen molar-refractivity contribution >= 4 is 5.65 Å². The first-order chi connectivity index (χ1) is 8.93. The molecule has 104 valence electrons. The molecule has 2 N–H and O–H groups in total. The van der Waals surface area contributed by atoms with E-state index in [0.29, 0.717) is 0 Å². The van der Waals surface area contributed by atoms with Gasteiger partial charge in [-0.25, -0.2) is 4.98 Å². The second-order valence-electron chi connectivity index (χ2n) is 5.96. The van der Waals surface area contributed by atoms with Crippen molar-refractivity contribution in [3.8, 4) is 0 Å². The summed E-state index contributed by atoms with van der Waals surface area (Å²) in [4.78, 5) is 4.48. The highest BCUT2D eigenvalue weighted by Crippen LogP contribution is 2.26. The molecule has 0 saturated heterocycles. The molecule has 0 radical (unpaired) electrons. The van der Waals surface area contributed by atoms with Crippen molar-refractivity contribution in [1.29, 1.82) is 0 Å². The molecule has 2 aromatic heterocycles. The Bertz CT molecular complexity index is 570. The highest BCUT2D eigenvalue weighted by Gasteiger charge is 2.18. The predicted octanol–water partition coefficient (Wildman–Crippen LogP) is 2.05. The van der Waals surface area contributed by atoms with Crippen LogP contribution in [0.5, 0.6) is 0 Å². The fourth-order valence-electron chi connectivity index (χ4n) is 2.43. The van der Waals surface area contributed by atoms with Gasteiger partial charge in [-0.1, -0.05) is 13.8 Å². The van der Waals surface area contributed by atoms with E-state index in [1.54, 1.807) is 0 Å². The topological polar surface area (TPSA) is 69.1 Å². The Morgan fingerprint density at radius 3 is 2.63 bits per heavy atom. The summed E-state index contributed by atoms with van der Waals surface area (Å²) < 4.78 is 2.05. The minimum atomic E-state index is 0.243. The zero-order chi connectivity index (χ0) is 14.0. The minimum absolute atomic E-state index is 0.243. The Kier molecular flexibility index (Phi) is 3.85. The molecule has 0 aliphatic carbocycles. The van der Waals surface area contributed by atoms with Crippen LogP contribution >= 0.6 is 0 Å². The van der Waals surface area contributed by atoms with Crippen LogP contribution in [0.15, 0.2) is 6.07 Å². The summed E-state index contributed by atoms with van der Waals surface area (Å²) in [7, 11) is 0. The van der Waals surface area contributed by atoms with E-state index in [0.717, 1.165) is 48.8 Å². The molecule has 0 unspecified atom stereocenters. The van der Waals surface area contributed by atoms with Crippen molar-refractivity contribution in [3.63, 3.8) is 0 Å². The molecule has 0 amide bonds. The molecule has 0 atom stereocenters. The number of nitrogens with zero attached hydrogens (tertiary/aromatic N) is 4. The summed E-state index contributed by atoms with van der Waals surface area (Å²) in [6, 6.07) is 1.97. The van der Waals surface area contributed by atoms with Crippen molar-refractivity contribution < 1.29 is 0 Å². The van der Waals surface area contributed by atoms with Gasteiger partial charge in [0.25, 0.3) is 0 Å². The van der Waals surface area contributed by atoms with Gasteiger partial charge in [-0.2, -0.15) is 0 Å². The molecule has 0 aliphatic heterocycles. The summed E-state index contributed by atoms with van der Waals surface area (Å²) in [6.07, 6.45) is 2.98. The summed E-state index contributed by atoms with van der Waals surface area (Å²) in [5.74, 6) is 1.94. The zero-order valence-electron chi connectivity index (χ0n) is 12.3. The van der Waals surface area contributed by atoms with Crippen molar-refractivity contribution in [1.82, 2.24) is 19.6 Å². The lowest BCUT2D eigenvalue weighted by atomic mass is 9.84. The van der Waals surface area contributed by atoms with E-state index >= 15 is 0 Å². The molecule has 5 nitrogen and oxygen atoms in total. The third kappa shape index (κ3) is 3.10. The number of rotatable bonds is 5. The van der Waals surface area contributed by atoms with E-state index in [2.05, 4.69) is 29.0 Å². The number of aromatic nitrogens is 4. The maximum atomic E-state index is 5.65. The van der Waals surface area contributed by atoms with Crippen molar-refractivity contribution in [3.05, 3.63) is 23.4 Å². The van der Waals surface area contributed by atoms with Crippen LogP contribution in [-0.2, 0) is 6.42 Å². The lowest BCUT2D eigenvalue weighted by Crippen LogP contribution is -2.18. The molecule has 19 heavy (non-hydrogen) atoms. The van der Waals surface area contributed by atoms with E-state index < -0.39 is 0 Å². The number of fused-ring (bicyclic) bond motifs is 1. The quantitative estimate of drug-likeness (QED) is 0.894. The molecule has 0 bridgehead atoms. The largest absolute Gasteiger partial charge is 0.330 e. The van der Waals surface area contributed by atoms with Crippen LogP contribution in [0.25, 0.3) is 5.65 Å². The number of hydrogen-bond donors (Lipinski definition) is 1. The SMILES string of the molecule is Cc1cc2nnc(CCC(C)(C)CCN)n2c(C)n1. The second kappa shape index (κ2) is 5.25. The Morgan fingerprint density at radius 2 is 1.95 bits per heavy atom. The van der Waals surface area contributed by atoms with Gasteiger partial charge in [0.1, 0.15) is 11.6 Å². The smallest absolute Gasteiger partial charge is 0.164 e. The van der Waals surface area contributed by atoms with Gasteiger partial charge in [0, 0.05) is 18.2 Å². The van der Waals surface area contributed by atoms with E-state index in [-0.39, 0.29) is 5.41 Å². The van der Waals surface area contributed by atoms with Crippen molar-refractivity contribution in [2.24, 2.45) is 11.1 Å². The van der Waals surface area contributed by atoms with E-state index in [4.69, 9.17) is 5.73 Å². The van der Waals surface area contributed by atoms with E-state index in [1.807, 2.05) is 24.3 Å². The standard InChI is InChI=1S/C14H23N5/c1-10-9-13-18-17-12(19(13)11(2)16-10)5-6-14(3,4)7-8-15/h9H,5-8,15H2,1-4H3. The Hall–Kier alpha value is -1.49. The molecule has 0 spiro atoms. The van der Waals surface area contributed by atoms with Gasteiger partial charge in [0.2, 0.25) is 0 Å². The van der Waals surface area contributed by atoms with Crippen LogP contribution < -0.4 is 5.73 Å². The molecule has 2 rings (SSSR count). The first-order valence-electron chi connectivity index (χ1n) is 6.81. The van der Waals surface area contributed by atoms with Crippen LogP contribution in [0.2, 0.25) is 0 Å². The summed E-state index contributed by atoms with van der Waals surface area (Å²) in [5.41, 5.74) is 7.76. The number of hydrogen-bond acceptors (Lipinski definition) is 4. The van der Waals surface area contributed by atoms with Crippen molar-refractivity contribution in [2.45, 2.75) is 47.0 Å². The molecular formula is C14H23N5. The molecule has 0 saturated carbocycles. The molecule has 2 aromatic rings. The van der Waals surface area contributed by atoms with Crippen LogP contribution in [0.3, 0.4) is 0 Å². The summed E-state index contributed by atoms with van der Waals surface area (Å²) in [5, 5.41) is 8.54. The number of nitrogens with two attached hydrogens (primary N) is 1. The molecular weight excluding hydrogens is 238 g/mol. The molecule has 2 heterocycles. The van der Waals surface area contributed by atoms with E-state index in [9.17, 15) is 0 Å². The van der Waals surface area contributed by atoms with Crippen LogP contribution in [-0.4, -0.2) is 26.1 Å². The third-order valence-corrected chi connectivity index (χ3v) is 3.60. The van der Waals surface area contributed by atoms with Gasteiger partial charge in [0.05, 0.1) is 0 Å². The first-order valence-corrected chi connectivity index (χ1v) is 6.81. The van der Waals surface area contributed by atoms with Gasteiger partial charge in [-0.3, -0.25) is 4.40 Å². The Morgan fingerprint density at radius 1 is 1.21 bits per heavy atom. The third-order valence-electron chi connectivity index (χ3n) is 3.60.